The molecule has 3 rings (SSSR count). The Labute approximate surface area is 128 Å². The molecule has 0 unspecified atom stereocenters. The fraction of sp³-hybridized carbons (Fsp3) is 0.222. The number of phenols is 1. The van der Waals surface area contributed by atoms with Gasteiger partial charge in [0.2, 0.25) is 0 Å². The van der Waals surface area contributed by atoms with Gasteiger partial charge in [-0.05, 0) is 18.1 Å². The molecule has 0 aliphatic heterocycles. The molecule has 0 amide bonds. The quantitative estimate of drug-likeness (QED) is 0.728. The summed E-state index contributed by atoms with van der Waals surface area (Å²) in [7, 11) is 0. The molecule has 2 aromatic rings. The summed E-state index contributed by atoms with van der Waals surface area (Å²) in [6, 6.07) is 9.82. The molecule has 0 heterocycles. The number of ketones is 2. The van der Waals surface area contributed by atoms with Crippen molar-refractivity contribution in [3.8, 4) is 5.75 Å². The molecule has 4 nitrogen and oxygen atoms in total. The molecule has 112 valence electrons. The van der Waals surface area contributed by atoms with E-state index >= 15 is 0 Å². The predicted octanol–water partition coefficient (Wildman–Crippen LogP) is 3.24. The maximum absolute atomic E-state index is 12.8. The number of anilines is 1. The van der Waals surface area contributed by atoms with Crippen LogP contribution in [-0.2, 0) is 0 Å². The van der Waals surface area contributed by atoms with E-state index in [1.165, 1.54) is 6.07 Å². The average molecular weight is 295 g/mol. The van der Waals surface area contributed by atoms with Crippen LogP contribution in [0.3, 0.4) is 0 Å². The molecule has 0 aromatic heterocycles. The summed E-state index contributed by atoms with van der Waals surface area (Å²) in [6.07, 6.45) is 0. The van der Waals surface area contributed by atoms with Gasteiger partial charge in [0.1, 0.15) is 5.75 Å². The Kier molecular flexibility index (Phi) is 3.45. The van der Waals surface area contributed by atoms with E-state index < -0.39 is 0 Å². The number of rotatable bonds is 3. The minimum atomic E-state index is -0.309. The van der Waals surface area contributed by atoms with Crippen LogP contribution in [0.4, 0.5) is 5.69 Å². The van der Waals surface area contributed by atoms with Crippen molar-refractivity contribution in [1.82, 2.24) is 0 Å². The van der Waals surface area contributed by atoms with Crippen molar-refractivity contribution in [1.29, 1.82) is 0 Å². The number of hydrogen-bond donors (Lipinski definition) is 2. The molecule has 1 aliphatic rings. The highest BCUT2D eigenvalue weighted by Crippen LogP contribution is 2.36. The topological polar surface area (TPSA) is 66.4 Å². The highest BCUT2D eigenvalue weighted by molar-refractivity contribution is 6.31. The molecule has 0 saturated heterocycles. The molecule has 0 radical (unpaired) electrons. The Hall–Kier alpha value is -2.62. The van der Waals surface area contributed by atoms with Gasteiger partial charge >= 0.3 is 0 Å². The van der Waals surface area contributed by atoms with Gasteiger partial charge in [-0.2, -0.15) is 0 Å². The van der Waals surface area contributed by atoms with Crippen LogP contribution >= 0.6 is 0 Å². The fourth-order valence-electron chi connectivity index (χ4n) is 2.67. The third-order valence-corrected chi connectivity index (χ3v) is 3.75. The summed E-state index contributed by atoms with van der Waals surface area (Å²) in [5.41, 5.74) is 1.69. The summed E-state index contributed by atoms with van der Waals surface area (Å²) >= 11 is 0. The second-order valence-electron chi connectivity index (χ2n) is 5.86. The molecule has 2 N–H and O–H groups in total. The van der Waals surface area contributed by atoms with Crippen LogP contribution in [0.15, 0.2) is 36.4 Å². The van der Waals surface area contributed by atoms with Gasteiger partial charge in [-0.25, -0.2) is 0 Å². The van der Waals surface area contributed by atoms with Crippen molar-refractivity contribution in [3.05, 3.63) is 58.7 Å². The zero-order valence-corrected chi connectivity index (χ0v) is 12.5. The zero-order valence-electron chi connectivity index (χ0n) is 12.5. The Bertz CT molecular complexity index is 778. The molecule has 0 saturated carbocycles. The van der Waals surface area contributed by atoms with Gasteiger partial charge in [0.25, 0.3) is 0 Å². The Morgan fingerprint density at radius 3 is 2.14 bits per heavy atom. The first-order valence-electron chi connectivity index (χ1n) is 7.29. The maximum Gasteiger partial charge on any atom is 0.198 e. The van der Waals surface area contributed by atoms with E-state index in [1.54, 1.807) is 30.3 Å². The second-order valence-corrected chi connectivity index (χ2v) is 5.86. The lowest BCUT2D eigenvalue weighted by molar-refractivity contribution is 0.0977. The molecule has 2 aromatic carbocycles. The first-order chi connectivity index (χ1) is 10.5. The zero-order chi connectivity index (χ0) is 15.9. The highest BCUT2D eigenvalue weighted by atomic mass is 16.3. The lowest BCUT2D eigenvalue weighted by atomic mass is 9.82. The number of aromatic hydroxyl groups is 1. The molecular weight excluding hydrogens is 278 g/mol. The molecule has 4 heteroatoms. The first-order valence-corrected chi connectivity index (χ1v) is 7.29. The molecule has 1 aliphatic carbocycles. The van der Waals surface area contributed by atoms with Crippen LogP contribution in [-0.4, -0.2) is 23.2 Å². The van der Waals surface area contributed by atoms with Crippen molar-refractivity contribution in [2.75, 3.05) is 11.9 Å². The van der Waals surface area contributed by atoms with Gasteiger partial charge in [-0.15, -0.1) is 0 Å². The summed E-state index contributed by atoms with van der Waals surface area (Å²) < 4.78 is 0. The largest absolute Gasteiger partial charge is 0.507 e. The van der Waals surface area contributed by atoms with Crippen LogP contribution in [0.5, 0.6) is 5.75 Å². The van der Waals surface area contributed by atoms with E-state index in [2.05, 4.69) is 19.2 Å². The number of benzene rings is 2. The third kappa shape index (κ3) is 2.17. The molecule has 22 heavy (non-hydrogen) atoms. The van der Waals surface area contributed by atoms with E-state index in [-0.39, 0.29) is 28.4 Å². The SMILES string of the molecule is CC(C)CNc1ccc(O)c2c1C(=O)c1ccccc1C2=O. The molecule has 0 spiro atoms. The minimum Gasteiger partial charge on any atom is -0.507 e. The minimum absolute atomic E-state index is 0.0949. The number of phenolic OH excluding ortho intramolecular Hbond substituents is 1. The van der Waals surface area contributed by atoms with Crippen molar-refractivity contribution in [2.24, 2.45) is 5.92 Å². The van der Waals surface area contributed by atoms with Crippen molar-refractivity contribution >= 4 is 17.3 Å². The van der Waals surface area contributed by atoms with Crippen molar-refractivity contribution in [3.63, 3.8) is 0 Å². The Morgan fingerprint density at radius 1 is 0.955 bits per heavy atom. The smallest absolute Gasteiger partial charge is 0.198 e. The van der Waals surface area contributed by atoms with Gasteiger partial charge in [0, 0.05) is 23.4 Å². The average Bonchev–Trinajstić information content (AvgIpc) is 2.51. The standard InChI is InChI=1S/C18H17NO3/c1-10(2)9-19-13-7-8-14(20)16-15(13)17(21)11-5-3-4-6-12(11)18(16)22/h3-8,10,19-20H,9H2,1-2H3. The predicted molar refractivity (Wildman–Crippen MR) is 84.7 cm³/mol. The monoisotopic (exact) mass is 295 g/mol. The van der Waals surface area contributed by atoms with Crippen LogP contribution in [0.2, 0.25) is 0 Å². The van der Waals surface area contributed by atoms with E-state index in [0.717, 1.165) is 0 Å². The summed E-state index contributed by atoms with van der Waals surface area (Å²) in [5.74, 6) is -0.299. The maximum atomic E-state index is 12.8. The van der Waals surface area contributed by atoms with Gasteiger partial charge in [-0.1, -0.05) is 38.1 Å². The number of carbonyl (C=O) groups excluding carboxylic acids is 2. The lowest BCUT2D eigenvalue weighted by Gasteiger charge is -2.22. The Balaban J connectivity index is 2.18. The van der Waals surface area contributed by atoms with Gasteiger partial charge in [-0.3, -0.25) is 9.59 Å². The first kappa shape index (κ1) is 14.3. The van der Waals surface area contributed by atoms with E-state index in [9.17, 15) is 14.7 Å². The number of nitrogens with one attached hydrogen (secondary N) is 1. The van der Waals surface area contributed by atoms with Crippen LogP contribution in [0.25, 0.3) is 0 Å². The Morgan fingerprint density at radius 2 is 1.55 bits per heavy atom. The second kappa shape index (κ2) is 5.30. The summed E-state index contributed by atoms with van der Waals surface area (Å²) in [5, 5.41) is 13.3. The highest BCUT2D eigenvalue weighted by Gasteiger charge is 2.33. The van der Waals surface area contributed by atoms with E-state index in [4.69, 9.17) is 0 Å². The van der Waals surface area contributed by atoms with Crippen LogP contribution < -0.4 is 5.32 Å². The van der Waals surface area contributed by atoms with Gasteiger partial charge in [0.05, 0.1) is 11.1 Å². The van der Waals surface area contributed by atoms with Crippen molar-refractivity contribution < 1.29 is 14.7 Å². The normalized spacial score (nSPS) is 13.0. The van der Waals surface area contributed by atoms with E-state index in [1.807, 2.05) is 0 Å². The van der Waals surface area contributed by atoms with Crippen LogP contribution in [0, 0.1) is 5.92 Å². The molecule has 0 fully saturated rings. The van der Waals surface area contributed by atoms with Gasteiger partial charge in [0.15, 0.2) is 11.6 Å². The summed E-state index contributed by atoms with van der Waals surface area (Å²) in [4.78, 5) is 25.4. The third-order valence-electron chi connectivity index (χ3n) is 3.75. The number of carbonyl (C=O) groups is 2. The summed E-state index contributed by atoms with van der Waals surface area (Å²) in [6.45, 7) is 4.80. The molecule has 0 atom stereocenters. The fourth-order valence-corrected chi connectivity index (χ4v) is 2.67. The van der Waals surface area contributed by atoms with Crippen LogP contribution in [0.1, 0.15) is 45.7 Å². The molecule has 0 bridgehead atoms. The number of fused-ring (bicyclic) bond motifs is 2. The molecular formula is C18H17NO3. The van der Waals surface area contributed by atoms with E-state index in [0.29, 0.717) is 29.3 Å². The lowest BCUT2D eigenvalue weighted by Crippen LogP contribution is -2.23. The van der Waals surface area contributed by atoms with Gasteiger partial charge < -0.3 is 10.4 Å². The number of hydrogen-bond acceptors (Lipinski definition) is 4. The van der Waals surface area contributed by atoms with Crippen molar-refractivity contribution in [2.45, 2.75) is 13.8 Å².